The maximum absolute atomic E-state index is 12.9. The molecule has 0 atom stereocenters. The largest absolute Gasteiger partial charge is 0.497 e. The number of benzene rings is 2. The van der Waals surface area contributed by atoms with Crippen molar-refractivity contribution in [2.45, 2.75) is 20.0 Å². The molecule has 4 nitrogen and oxygen atoms in total. The average Bonchev–Trinajstić information content (AvgIpc) is 2.60. The number of carbonyl (C=O) groups excluding carboxylic acids is 1. The number of rotatable bonds is 4. The Morgan fingerprint density at radius 1 is 1.19 bits per heavy atom. The van der Waals surface area contributed by atoms with Crippen LogP contribution in [0.4, 0.5) is 0 Å². The van der Waals surface area contributed by atoms with E-state index in [2.05, 4.69) is 4.98 Å². The second kappa shape index (κ2) is 7.48. The van der Waals surface area contributed by atoms with Gasteiger partial charge in [0.15, 0.2) is 0 Å². The summed E-state index contributed by atoms with van der Waals surface area (Å²) < 4.78 is 11.2. The number of hydrogen-bond acceptors (Lipinski definition) is 4. The van der Waals surface area contributed by atoms with Crippen molar-refractivity contribution < 1.29 is 14.3 Å². The van der Waals surface area contributed by atoms with Crippen LogP contribution in [0.15, 0.2) is 42.5 Å². The van der Waals surface area contributed by atoms with Gasteiger partial charge in [0.05, 0.1) is 18.8 Å². The van der Waals surface area contributed by atoms with E-state index in [0.29, 0.717) is 31.9 Å². The normalized spacial score (nSPS) is 11.0. The van der Waals surface area contributed by atoms with Crippen LogP contribution in [0.1, 0.15) is 24.2 Å². The summed E-state index contributed by atoms with van der Waals surface area (Å²) in [6.45, 7) is 3.61. The van der Waals surface area contributed by atoms with Crippen molar-refractivity contribution in [2.75, 3.05) is 7.11 Å². The fraction of sp³-hybridized carbons (Fsp3) is 0.200. The third kappa shape index (κ3) is 3.59. The second-order valence-corrected chi connectivity index (χ2v) is 6.92. The molecule has 0 unspecified atom stereocenters. The number of fused-ring (bicyclic) bond motifs is 1. The Balaban J connectivity index is 2.38. The monoisotopic (exact) mass is 387 g/mol. The first kappa shape index (κ1) is 18.4. The molecule has 0 amide bonds. The van der Waals surface area contributed by atoms with Crippen molar-refractivity contribution in [1.82, 2.24) is 4.98 Å². The molecule has 2 aromatic carbocycles. The van der Waals surface area contributed by atoms with Gasteiger partial charge in [-0.15, -0.1) is 0 Å². The lowest BCUT2D eigenvalue weighted by Crippen LogP contribution is -2.14. The van der Waals surface area contributed by atoms with E-state index in [1.807, 2.05) is 38.1 Å². The molecule has 0 aliphatic rings. The van der Waals surface area contributed by atoms with E-state index in [-0.39, 0.29) is 6.10 Å². The summed E-state index contributed by atoms with van der Waals surface area (Å²) in [5.41, 5.74) is 2.48. The quantitative estimate of drug-likeness (QED) is 0.454. The molecule has 0 saturated heterocycles. The molecule has 0 fully saturated rings. The van der Waals surface area contributed by atoms with Gasteiger partial charge in [0.25, 0.3) is 0 Å². The van der Waals surface area contributed by atoms with Crippen LogP contribution in [-0.4, -0.2) is 24.2 Å². The SMILES string of the molecule is COc1cccc(-c2c(C(=O)OC(C)C)c3cc(Cl)ccc3[nH]c2=S)c1. The maximum atomic E-state index is 12.9. The molecule has 3 rings (SSSR count). The summed E-state index contributed by atoms with van der Waals surface area (Å²) in [7, 11) is 1.59. The van der Waals surface area contributed by atoms with Crippen LogP contribution in [0.3, 0.4) is 0 Å². The predicted octanol–water partition coefficient (Wildman–Crippen LogP) is 5.79. The molecule has 6 heteroatoms. The zero-order valence-corrected chi connectivity index (χ0v) is 16.2. The number of esters is 1. The van der Waals surface area contributed by atoms with E-state index in [1.54, 1.807) is 25.3 Å². The number of carbonyl (C=O) groups is 1. The number of hydrogen-bond donors (Lipinski definition) is 1. The molecule has 0 bridgehead atoms. The number of ether oxygens (including phenoxy) is 2. The molecule has 1 heterocycles. The van der Waals surface area contributed by atoms with Crippen LogP contribution >= 0.6 is 23.8 Å². The Kier molecular flexibility index (Phi) is 5.30. The number of H-pyrrole nitrogens is 1. The van der Waals surface area contributed by atoms with E-state index in [4.69, 9.17) is 33.3 Å². The highest BCUT2D eigenvalue weighted by atomic mass is 35.5. The minimum Gasteiger partial charge on any atom is -0.497 e. The summed E-state index contributed by atoms with van der Waals surface area (Å²) in [5, 5.41) is 1.19. The third-order valence-electron chi connectivity index (χ3n) is 3.88. The molecule has 26 heavy (non-hydrogen) atoms. The fourth-order valence-electron chi connectivity index (χ4n) is 2.80. The van der Waals surface area contributed by atoms with Gasteiger partial charge in [-0.2, -0.15) is 0 Å². The third-order valence-corrected chi connectivity index (χ3v) is 4.42. The molecular formula is C20H18ClNO3S. The molecule has 0 saturated carbocycles. The van der Waals surface area contributed by atoms with Crippen LogP contribution in [0.5, 0.6) is 5.75 Å². The summed E-state index contributed by atoms with van der Waals surface area (Å²) in [6.07, 6.45) is -0.257. The smallest absolute Gasteiger partial charge is 0.339 e. The maximum Gasteiger partial charge on any atom is 0.339 e. The van der Waals surface area contributed by atoms with E-state index >= 15 is 0 Å². The highest BCUT2D eigenvalue weighted by Gasteiger charge is 2.21. The summed E-state index contributed by atoms with van der Waals surface area (Å²) in [4.78, 5) is 16.1. The van der Waals surface area contributed by atoms with E-state index in [9.17, 15) is 4.79 Å². The van der Waals surface area contributed by atoms with Crippen LogP contribution in [-0.2, 0) is 4.74 Å². The van der Waals surface area contributed by atoms with Crippen molar-refractivity contribution in [1.29, 1.82) is 0 Å². The van der Waals surface area contributed by atoms with Gasteiger partial charge >= 0.3 is 5.97 Å². The summed E-state index contributed by atoms with van der Waals surface area (Å²) in [6, 6.07) is 12.7. The van der Waals surface area contributed by atoms with Gasteiger partial charge in [0.1, 0.15) is 10.4 Å². The summed E-state index contributed by atoms with van der Waals surface area (Å²) >= 11 is 11.7. The fourth-order valence-corrected chi connectivity index (χ4v) is 3.31. The Bertz CT molecular complexity index is 1040. The second-order valence-electron chi connectivity index (χ2n) is 6.08. The zero-order chi connectivity index (χ0) is 18.8. The van der Waals surface area contributed by atoms with Crippen LogP contribution in [0.25, 0.3) is 22.0 Å². The zero-order valence-electron chi connectivity index (χ0n) is 14.6. The van der Waals surface area contributed by atoms with Gasteiger partial charge in [-0.3, -0.25) is 0 Å². The first-order valence-electron chi connectivity index (χ1n) is 8.11. The molecular weight excluding hydrogens is 370 g/mol. The van der Waals surface area contributed by atoms with Gasteiger partial charge in [0.2, 0.25) is 0 Å². The first-order chi connectivity index (χ1) is 12.4. The minimum atomic E-state index is -0.440. The Labute approximate surface area is 161 Å². The standard InChI is InChI=1S/C20H18ClNO3S/c1-11(2)25-20(23)18-15-10-13(21)7-8-16(15)22-19(26)17(18)12-5-4-6-14(9-12)24-3/h4-11H,1-3H3,(H,22,26). The lowest BCUT2D eigenvalue weighted by molar-refractivity contribution is 0.0381. The van der Waals surface area contributed by atoms with Crippen molar-refractivity contribution >= 4 is 40.7 Å². The highest BCUT2D eigenvalue weighted by molar-refractivity contribution is 7.71. The van der Waals surface area contributed by atoms with Crippen molar-refractivity contribution in [3.05, 3.63) is 57.7 Å². The number of aromatic nitrogens is 1. The van der Waals surface area contributed by atoms with Crippen LogP contribution in [0, 0.1) is 4.64 Å². The molecule has 3 aromatic rings. The van der Waals surface area contributed by atoms with Gasteiger partial charge < -0.3 is 14.5 Å². The lowest BCUT2D eigenvalue weighted by Gasteiger charge is -2.15. The van der Waals surface area contributed by atoms with E-state index in [0.717, 1.165) is 11.1 Å². The van der Waals surface area contributed by atoms with Crippen molar-refractivity contribution in [2.24, 2.45) is 0 Å². The molecule has 1 aromatic heterocycles. The summed E-state index contributed by atoms with van der Waals surface area (Å²) in [5.74, 6) is 0.233. The van der Waals surface area contributed by atoms with Gasteiger partial charge in [-0.25, -0.2) is 4.79 Å². The molecule has 134 valence electrons. The van der Waals surface area contributed by atoms with Gasteiger partial charge in [-0.1, -0.05) is 36.0 Å². The Morgan fingerprint density at radius 2 is 1.96 bits per heavy atom. The minimum absolute atomic E-state index is 0.257. The van der Waals surface area contributed by atoms with Gasteiger partial charge in [-0.05, 0) is 49.7 Å². The Morgan fingerprint density at radius 3 is 2.65 bits per heavy atom. The molecule has 0 aliphatic heterocycles. The average molecular weight is 388 g/mol. The number of aromatic amines is 1. The Hall–Kier alpha value is -2.37. The number of pyridine rings is 1. The first-order valence-corrected chi connectivity index (χ1v) is 8.90. The topological polar surface area (TPSA) is 51.3 Å². The molecule has 0 radical (unpaired) electrons. The number of nitrogens with one attached hydrogen (secondary N) is 1. The van der Waals surface area contributed by atoms with Crippen molar-refractivity contribution in [3.8, 4) is 16.9 Å². The predicted molar refractivity (Wildman–Crippen MR) is 107 cm³/mol. The molecule has 0 spiro atoms. The molecule has 0 aliphatic carbocycles. The highest BCUT2D eigenvalue weighted by Crippen LogP contribution is 2.34. The number of halogens is 1. The molecule has 1 N–H and O–H groups in total. The van der Waals surface area contributed by atoms with Crippen LogP contribution in [0.2, 0.25) is 5.02 Å². The van der Waals surface area contributed by atoms with E-state index in [1.165, 1.54) is 0 Å². The van der Waals surface area contributed by atoms with E-state index < -0.39 is 5.97 Å². The van der Waals surface area contributed by atoms with Crippen LogP contribution < -0.4 is 4.74 Å². The lowest BCUT2D eigenvalue weighted by atomic mass is 9.97. The number of methoxy groups -OCH3 is 1. The van der Waals surface area contributed by atoms with Gasteiger partial charge in [0, 0.05) is 21.5 Å². The van der Waals surface area contributed by atoms with Crippen molar-refractivity contribution in [3.63, 3.8) is 0 Å².